The van der Waals surface area contributed by atoms with Crippen molar-refractivity contribution in [2.75, 3.05) is 37.7 Å². The van der Waals surface area contributed by atoms with Gasteiger partial charge in [-0.2, -0.15) is 5.10 Å². The fourth-order valence-electron chi connectivity index (χ4n) is 4.75. The molecule has 8 nitrogen and oxygen atoms in total. The molecule has 2 saturated heterocycles. The van der Waals surface area contributed by atoms with E-state index in [0.717, 1.165) is 63.6 Å². The third-order valence-corrected chi connectivity index (χ3v) is 6.73. The van der Waals surface area contributed by atoms with E-state index in [1.165, 1.54) is 29.8 Å². The zero-order valence-corrected chi connectivity index (χ0v) is 19.2. The van der Waals surface area contributed by atoms with Crippen LogP contribution in [0.25, 0.3) is 11.3 Å². The minimum atomic E-state index is 0.262. The Morgan fingerprint density at radius 1 is 1.09 bits per heavy atom. The smallest absolute Gasteiger partial charge is 0.113 e. The summed E-state index contributed by atoms with van der Waals surface area (Å²) in [5.41, 5.74) is 5.88. The quantitative estimate of drug-likeness (QED) is 0.593. The summed E-state index contributed by atoms with van der Waals surface area (Å²) in [6.07, 6.45) is 7.71. The van der Waals surface area contributed by atoms with Crippen LogP contribution in [0.5, 0.6) is 0 Å². The van der Waals surface area contributed by atoms with Gasteiger partial charge in [0.05, 0.1) is 24.5 Å². The molecule has 0 aliphatic carbocycles. The summed E-state index contributed by atoms with van der Waals surface area (Å²) < 4.78 is 9.74. The second kappa shape index (κ2) is 9.42. The Hall–Kier alpha value is -2.71. The second-order valence-electron chi connectivity index (χ2n) is 9.02. The molecule has 0 spiro atoms. The lowest BCUT2D eigenvalue weighted by Crippen LogP contribution is -2.46. The molecule has 1 atom stereocenters. The van der Waals surface area contributed by atoms with Gasteiger partial charge in [0.15, 0.2) is 0 Å². The molecule has 2 aromatic heterocycles. The normalized spacial score (nSPS) is 20.1. The van der Waals surface area contributed by atoms with Gasteiger partial charge in [-0.1, -0.05) is 11.3 Å². The highest BCUT2D eigenvalue weighted by Gasteiger charge is 2.20. The van der Waals surface area contributed by atoms with Crippen molar-refractivity contribution < 1.29 is 4.74 Å². The van der Waals surface area contributed by atoms with E-state index in [2.05, 4.69) is 62.6 Å². The molecule has 5 rings (SSSR count). The van der Waals surface area contributed by atoms with Crippen LogP contribution in [0.15, 0.2) is 36.7 Å². The topological polar surface area (TPSA) is 64.2 Å². The molecule has 170 valence electrons. The highest BCUT2D eigenvalue weighted by atomic mass is 16.5. The first kappa shape index (κ1) is 21.2. The highest BCUT2D eigenvalue weighted by molar-refractivity contribution is 5.67. The number of anilines is 1. The zero-order chi connectivity index (χ0) is 21.9. The molecule has 2 fully saturated rings. The van der Waals surface area contributed by atoms with Gasteiger partial charge in [0.1, 0.15) is 5.69 Å². The van der Waals surface area contributed by atoms with Crippen LogP contribution in [0.3, 0.4) is 0 Å². The van der Waals surface area contributed by atoms with Gasteiger partial charge in [-0.05, 0) is 49.9 Å². The summed E-state index contributed by atoms with van der Waals surface area (Å²) in [4.78, 5) is 4.98. The van der Waals surface area contributed by atoms with Crippen molar-refractivity contribution in [3.63, 3.8) is 0 Å². The third-order valence-electron chi connectivity index (χ3n) is 6.73. The van der Waals surface area contributed by atoms with Gasteiger partial charge in [-0.25, -0.2) is 4.68 Å². The minimum absolute atomic E-state index is 0.262. The monoisotopic (exact) mass is 435 g/mol. The Morgan fingerprint density at radius 3 is 2.69 bits per heavy atom. The van der Waals surface area contributed by atoms with Crippen LogP contribution in [0, 0.1) is 6.92 Å². The number of hydrogen-bond donors (Lipinski definition) is 0. The predicted octanol–water partition coefficient (Wildman–Crippen LogP) is 2.88. The number of piperazine rings is 1. The summed E-state index contributed by atoms with van der Waals surface area (Å²) >= 11 is 0. The molecule has 0 radical (unpaired) electrons. The maximum Gasteiger partial charge on any atom is 0.113 e. The van der Waals surface area contributed by atoms with Gasteiger partial charge in [0.2, 0.25) is 0 Å². The summed E-state index contributed by atoms with van der Waals surface area (Å²) in [5, 5.41) is 13.1. The summed E-state index contributed by atoms with van der Waals surface area (Å²) in [6, 6.07) is 8.81. The van der Waals surface area contributed by atoms with Crippen LogP contribution in [0.1, 0.15) is 30.5 Å². The average molecular weight is 436 g/mol. The molecule has 4 heterocycles. The Bertz CT molecular complexity index is 1030. The molecule has 1 unspecified atom stereocenters. The molecule has 2 aliphatic rings. The molecule has 0 amide bonds. The Labute approximate surface area is 189 Å². The first-order valence-electron chi connectivity index (χ1n) is 11.7. The van der Waals surface area contributed by atoms with Crippen molar-refractivity contribution in [3.8, 4) is 11.3 Å². The van der Waals surface area contributed by atoms with E-state index in [4.69, 9.17) is 4.74 Å². The van der Waals surface area contributed by atoms with Gasteiger partial charge < -0.3 is 9.64 Å². The van der Waals surface area contributed by atoms with Crippen LogP contribution in [0.4, 0.5) is 5.69 Å². The predicted molar refractivity (Wildman–Crippen MR) is 124 cm³/mol. The molecule has 3 aromatic rings. The number of aryl methyl sites for hydroxylation is 2. The largest absolute Gasteiger partial charge is 0.376 e. The maximum atomic E-state index is 5.84. The van der Waals surface area contributed by atoms with E-state index in [-0.39, 0.29) is 6.10 Å². The minimum Gasteiger partial charge on any atom is -0.376 e. The van der Waals surface area contributed by atoms with Crippen molar-refractivity contribution in [2.24, 2.45) is 7.05 Å². The highest BCUT2D eigenvalue weighted by Crippen LogP contribution is 2.27. The van der Waals surface area contributed by atoms with E-state index >= 15 is 0 Å². The van der Waals surface area contributed by atoms with E-state index in [0.29, 0.717) is 0 Å². The summed E-state index contributed by atoms with van der Waals surface area (Å²) in [5.74, 6) is 0. The maximum absolute atomic E-state index is 5.84. The summed E-state index contributed by atoms with van der Waals surface area (Å²) in [7, 11) is 2.01. The Kier molecular flexibility index (Phi) is 6.23. The van der Waals surface area contributed by atoms with E-state index in [1.807, 2.05) is 22.6 Å². The first-order valence-corrected chi connectivity index (χ1v) is 11.7. The number of aromatic nitrogens is 5. The van der Waals surface area contributed by atoms with Crippen LogP contribution < -0.4 is 4.90 Å². The lowest BCUT2D eigenvalue weighted by Gasteiger charge is -2.36. The van der Waals surface area contributed by atoms with Crippen molar-refractivity contribution in [1.29, 1.82) is 0 Å². The Balaban J connectivity index is 1.20. The van der Waals surface area contributed by atoms with Crippen molar-refractivity contribution in [2.45, 2.75) is 45.4 Å². The first-order chi connectivity index (χ1) is 15.7. The number of hydrogen-bond acceptors (Lipinski definition) is 6. The van der Waals surface area contributed by atoms with Crippen LogP contribution in [-0.2, 0) is 24.9 Å². The van der Waals surface area contributed by atoms with Gasteiger partial charge in [0, 0.05) is 63.8 Å². The molecule has 0 saturated carbocycles. The van der Waals surface area contributed by atoms with Crippen LogP contribution in [-0.4, -0.2) is 68.6 Å². The van der Waals surface area contributed by atoms with Gasteiger partial charge in [-0.3, -0.25) is 9.58 Å². The molecule has 0 bridgehead atoms. The standard InChI is InChI=1S/C24H33N7O/c1-19-15-20(30-12-10-29(11-13-30)16-21-8-9-25-28(21)2)6-7-23(19)24-18-31(27-26-24)17-22-5-3-4-14-32-22/h6-9,15,18,22H,3-5,10-14,16-17H2,1-2H3. The molecule has 32 heavy (non-hydrogen) atoms. The van der Waals surface area contributed by atoms with Crippen LogP contribution in [0.2, 0.25) is 0 Å². The van der Waals surface area contributed by atoms with Crippen molar-refractivity contribution in [3.05, 3.63) is 47.9 Å². The van der Waals surface area contributed by atoms with Crippen molar-refractivity contribution >= 4 is 5.69 Å². The van der Waals surface area contributed by atoms with E-state index in [1.54, 1.807) is 0 Å². The molecule has 8 heteroatoms. The summed E-state index contributed by atoms with van der Waals surface area (Å²) in [6.45, 7) is 8.97. The number of benzene rings is 1. The van der Waals surface area contributed by atoms with Gasteiger partial charge in [0.25, 0.3) is 0 Å². The molecular formula is C24H33N7O. The number of ether oxygens (including phenoxy) is 1. The van der Waals surface area contributed by atoms with Crippen molar-refractivity contribution in [1.82, 2.24) is 29.7 Å². The average Bonchev–Trinajstić information content (AvgIpc) is 3.44. The zero-order valence-electron chi connectivity index (χ0n) is 19.2. The number of rotatable bonds is 6. The lowest BCUT2D eigenvalue weighted by molar-refractivity contribution is 0.00370. The van der Waals surface area contributed by atoms with Gasteiger partial charge in [-0.15, -0.1) is 5.10 Å². The molecular weight excluding hydrogens is 402 g/mol. The number of nitrogens with zero attached hydrogens (tertiary/aromatic N) is 7. The molecule has 2 aliphatic heterocycles. The van der Waals surface area contributed by atoms with Crippen LogP contribution >= 0.6 is 0 Å². The Morgan fingerprint density at radius 2 is 1.97 bits per heavy atom. The third kappa shape index (κ3) is 4.71. The molecule has 1 aromatic carbocycles. The SMILES string of the molecule is Cc1cc(N2CCN(Cc3ccnn3C)CC2)ccc1-c1cn(CC2CCCCO2)nn1. The lowest BCUT2D eigenvalue weighted by atomic mass is 10.0. The van der Waals surface area contributed by atoms with Gasteiger partial charge >= 0.3 is 0 Å². The second-order valence-corrected chi connectivity index (χ2v) is 9.02. The van der Waals surface area contributed by atoms with E-state index < -0.39 is 0 Å². The van der Waals surface area contributed by atoms with E-state index in [9.17, 15) is 0 Å². The fourth-order valence-corrected chi connectivity index (χ4v) is 4.75. The fraction of sp³-hybridized carbons (Fsp3) is 0.542. The molecule has 0 N–H and O–H groups in total.